The molecule has 0 aliphatic rings. The summed E-state index contributed by atoms with van der Waals surface area (Å²) in [5.41, 5.74) is 4.78. The Bertz CT molecular complexity index is 1090. The van der Waals surface area contributed by atoms with E-state index in [1.54, 1.807) is 30.5 Å². The summed E-state index contributed by atoms with van der Waals surface area (Å²) in [5.74, 6) is -0.584. The molecule has 0 radical (unpaired) electrons. The molecule has 0 saturated heterocycles. The summed E-state index contributed by atoms with van der Waals surface area (Å²) in [6.07, 6.45) is 3.08. The summed E-state index contributed by atoms with van der Waals surface area (Å²) >= 11 is 11.8. The van der Waals surface area contributed by atoms with Gasteiger partial charge in [0.25, 0.3) is 11.5 Å². The number of aryl methyl sites for hydroxylation is 1. The fraction of sp³-hybridized carbons (Fsp3) is 0.0952. The van der Waals surface area contributed by atoms with Crippen molar-refractivity contribution in [2.24, 2.45) is 5.10 Å². The van der Waals surface area contributed by atoms with Crippen molar-refractivity contribution < 1.29 is 4.79 Å². The number of aromatic nitrogens is 1. The van der Waals surface area contributed by atoms with Crippen LogP contribution in [0.1, 0.15) is 27.0 Å². The standard InChI is InChI=1S/C21H17Cl2N3O2/c1-14-4-6-15(7-5-14)13-26-10-2-3-17(21(26)28)20(27)25-24-12-16-8-9-18(22)19(23)11-16/h2-12H,13H2,1H3,(H,25,27)/b24-12-. The highest BCUT2D eigenvalue weighted by Gasteiger charge is 2.11. The Morgan fingerprint density at radius 1 is 1.11 bits per heavy atom. The molecule has 0 aliphatic carbocycles. The van der Waals surface area contributed by atoms with Gasteiger partial charge in [-0.25, -0.2) is 5.43 Å². The van der Waals surface area contributed by atoms with Crippen LogP contribution in [0.2, 0.25) is 10.0 Å². The molecule has 3 rings (SSSR count). The third-order valence-electron chi connectivity index (χ3n) is 4.06. The van der Waals surface area contributed by atoms with E-state index >= 15 is 0 Å². The van der Waals surface area contributed by atoms with Crippen molar-refractivity contribution in [1.82, 2.24) is 9.99 Å². The van der Waals surface area contributed by atoms with E-state index in [1.165, 1.54) is 16.8 Å². The molecule has 1 amide bonds. The zero-order valence-electron chi connectivity index (χ0n) is 15.0. The molecule has 0 atom stereocenters. The average molecular weight is 414 g/mol. The number of nitrogens with zero attached hydrogens (tertiary/aromatic N) is 2. The molecule has 0 unspecified atom stereocenters. The molecule has 0 bridgehead atoms. The first-order chi connectivity index (χ1) is 13.4. The summed E-state index contributed by atoms with van der Waals surface area (Å²) in [5, 5.41) is 4.70. The van der Waals surface area contributed by atoms with Gasteiger partial charge in [-0.05, 0) is 42.3 Å². The van der Waals surface area contributed by atoms with Crippen LogP contribution in [0.3, 0.4) is 0 Å². The average Bonchev–Trinajstić information content (AvgIpc) is 2.68. The Balaban J connectivity index is 1.73. The second-order valence-corrected chi connectivity index (χ2v) is 7.03. The molecule has 142 valence electrons. The summed E-state index contributed by atoms with van der Waals surface area (Å²) in [6.45, 7) is 2.38. The summed E-state index contributed by atoms with van der Waals surface area (Å²) in [7, 11) is 0. The first kappa shape index (κ1) is 19.9. The molecular weight excluding hydrogens is 397 g/mol. The minimum atomic E-state index is -0.584. The van der Waals surface area contributed by atoms with E-state index in [2.05, 4.69) is 10.5 Å². The van der Waals surface area contributed by atoms with Gasteiger partial charge < -0.3 is 4.57 Å². The lowest BCUT2D eigenvalue weighted by Gasteiger charge is -2.08. The Labute approximate surface area is 172 Å². The molecule has 3 aromatic rings. The molecule has 0 spiro atoms. The first-order valence-corrected chi connectivity index (χ1v) is 9.23. The predicted molar refractivity (Wildman–Crippen MR) is 113 cm³/mol. The van der Waals surface area contributed by atoms with Gasteiger partial charge in [0.15, 0.2) is 0 Å². The SMILES string of the molecule is Cc1ccc(Cn2cccc(C(=O)N/N=C\c3ccc(Cl)c(Cl)c3)c2=O)cc1. The van der Waals surface area contributed by atoms with Crippen LogP contribution >= 0.6 is 23.2 Å². The van der Waals surface area contributed by atoms with Gasteiger partial charge in [0.1, 0.15) is 5.56 Å². The Morgan fingerprint density at radius 2 is 1.86 bits per heavy atom. The summed E-state index contributed by atoms with van der Waals surface area (Å²) in [6, 6.07) is 16.0. The molecular formula is C21H17Cl2N3O2. The quantitative estimate of drug-likeness (QED) is 0.501. The molecule has 7 heteroatoms. The van der Waals surface area contributed by atoms with Crippen LogP contribution in [0, 0.1) is 6.92 Å². The Kier molecular flexibility index (Phi) is 6.29. The van der Waals surface area contributed by atoms with Crippen LogP contribution in [0.5, 0.6) is 0 Å². The van der Waals surface area contributed by atoms with Crippen LogP contribution in [0.4, 0.5) is 0 Å². The van der Waals surface area contributed by atoms with Crippen molar-refractivity contribution in [3.05, 3.63) is 103 Å². The van der Waals surface area contributed by atoms with Gasteiger partial charge in [0.05, 0.1) is 22.8 Å². The third kappa shape index (κ3) is 4.88. The van der Waals surface area contributed by atoms with Crippen molar-refractivity contribution in [3.8, 4) is 0 Å². The maximum Gasteiger partial charge on any atom is 0.276 e. The van der Waals surface area contributed by atoms with E-state index in [4.69, 9.17) is 23.2 Å². The Hall–Kier alpha value is -2.89. The van der Waals surface area contributed by atoms with Gasteiger partial charge in [-0.3, -0.25) is 9.59 Å². The maximum atomic E-state index is 12.6. The molecule has 2 aromatic carbocycles. The number of nitrogens with one attached hydrogen (secondary N) is 1. The van der Waals surface area contributed by atoms with Crippen LogP contribution in [-0.4, -0.2) is 16.7 Å². The monoisotopic (exact) mass is 413 g/mol. The van der Waals surface area contributed by atoms with Gasteiger partial charge in [0, 0.05) is 6.20 Å². The van der Waals surface area contributed by atoms with Gasteiger partial charge in [-0.1, -0.05) is 59.1 Å². The van der Waals surface area contributed by atoms with Crippen molar-refractivity contribution in [1.29, 1.82) is 0 Å². The van der Waals surface area contributed by atoms with Crippen molar-refractivity contribution in [2.75, 3.05) is 0 Å². The number of halogens is 2. The van der Waals surface area contributed by atoms with E-state index in [9.17, 15) is 9.59 Å². The van der Waals surface area contributed by atoms with Crippen LogP contribution in [-0.2, 0) is 6.54 Å². The smallest absolute Gasteiger partial charge is 0.276 e. The second kappa shape index (κ2) is 8.87. The van der Waals surface area contributed by atoms with Crippen LogP contribution < -0.4 is 11.0 Å². The minimum Gasteiger partial charge on any atom is -0.310 e. The fourth-order valence-electron chi connectivity index (χ4n) is 2.54. The first-order valence-electron chi connectivity index (χ1n) is 8.47. The zero-order valence-corrected chi connectivity index (χ0v) is 16.5. The normalized spacial score (nSPS) is 11.0. The van der Waals surface area contributed by atoms with Gasteiger partial charge in [0.2, 0.25) is 0 Å². The zero-order chi connectivity index (χ0) is 20.1. The van der Waals surface area contributed by atoms with Crippen LogP contribution in [0.25, 0.3) is 0 Å². The molecule has 28 heavy (non-hydrogen) atoms. The number of hydrogen-bond donors (Lipinski definition) is 1. The Morgan fingerprint density at radius 3 is 2.57 bits per heavy atom. The molecule has 1 heterocycles. The fourth-order valence-corrected chi connectivity index (χ4v) is 2.85. The van der Waals surface area contributed by atoms with Crippen molar-refractivity contribution >= 4 is 35.3 Å². The highest BCUT2D eigenvalue weighted by Crippen LogP contribution is 2.21. The number of benzene rings is 2. The summed E-state index contributed by atoms with van der Waals surface area (Å²) < 4.78 is 1.49. The van der Waals surface area contributed by atoms with Gasteiger partial charge in [-0.2, -0.15) is 5.10 Å². The number of hydrogen-bond acceptors (Lipinski definition) is 3. The molecule has 1 aromatic heterocycles. The third-order valence-corrected chi connectivity index (χ3v) is 4.80. The topological polar surface area (TPSA) is 63.5 Å². The number of carbonyl (C=O) groups excluding carboxylic acids is 1. The number of amides is 1. The van der Waals surface area contributed by atoms with E-state index in [1.807, 2.05) is 31.2 Å². The largest absolute Gasteiger partial charge is 0.310 e. The van der Waals surface area contributed by atoms with Crippen molar-refractivity contribution in [3.63, 3.8) is 0 Å². The molecule has 0 saturated carbocycles. The van der Waals surface area contributed by atoms with E-state index < -0.39 is 5.91 Å². The van der Waals surface area contributed by atoms with Gasteiger partial charge >= 0.3 is 0 Å². The van der Waals surface area contributed by atoms with Crippen LogP contribution in [0.15, 0.2) is 70.7 Å². The predicted octanol–water partition coefficient (Wildman–Crippen LogP) is 4.28. The molecule has 5 nitrogen and oxygen atoms in total. The number of pyridine rings is 1. The molecule has 0 aliphatic heterocycles. The second-order valence-electron chi connectivity index (χ2n) is 6.21. The number of rotatable bonds is 5. The number of carbonyl (C=O) groups is 1. The highest BCUT2D eigenvalue weighted by molar-refractivity contribution is 6.42. The van der Waals surface area contributed by atoms with E-state index in [-0.39, 0.29) is 11.1 Å². The lowest BCUT2D eigenvalue weighted by atomic mass is 10.1. The highest BCUT2D eigenvalue weighted by atomic mass is 35.5. The van der Waals surface area contributed by atoms with E-state index in [0.29, 0.717) is 22.2 Å². The molecule has 1 N–H and O–H groups in total. The van der Waals surface area contributed by atoms with Crippen molar-refractivity contribution in [2.45, 2.75) is 13.5 Å². The van der Waals surface area contributed by atoms with Gasteiger partial charge in [-0.15, -0.1) is 0 Å². The lowest BCUT2D eigenvalue weighted by Crippen LogP contribution is -2.30. The summed E-state index contributed by atoms with van der Waals surface area (Å²) in [4.78, 5) is 25.0. The maximum absolute atomic E-state index is 12.6. The lowest BCUT2D eigenvalue weighted by molar-refractivity contribution is 0.0953. The number of hydrazone groups is 1. The molecule has 0 fully saturated rings. The van der Waals surface area contributed by atoms with E-state index in [0.717, 1.165) is 11.1 Å². The minimum absolute atomic E-state index is 0.0147.